The van der Waals surface area contributed by atoms with Crippen molar-refractivity contribution in [1.29, 1.82) is 0 Å². The number of aryl methyl sites for hydroxylation is 1. The number of amides is 1. The minimum absolute atomic E-state index is 0.0280. The zero-order valence-corrected chi connectivity index (χ0v) is 14.3. The lowest BCUT2D eigenvalue weighted by atomic mass is 10.1. The van der Waals surface area contributed by atoms with Gasteiger partial charge in [0.2, 0.25) is 5.91 Å². The topological polar surface area (TPSA) is 56.7 Å². The smallest absolute Gasteiger partial charge is 0.225 e. The Morgan fingerprint density at radius 3 is 2.75 bits per heavy atom. The average Bonchev–Trinajstić information content (AvgIpc) is 3.01. The molecule has 1 N–H and O–H groups in total. The molecule has 0 spiro atoms. The molecular formula is C17H20FN3O2S. The third-order valence-electron chi connectivity index (χ3n) is 4.11. The van der Waals surface area contributed by atoms with Crippen LogP contribution in [0.4, 0.5) is 9.52 Å². The van der Waals surface area contributed by atoms with Gasteiger partial charge in [-0.3, -0.25) is 4.79 Å². The Kier molecular flexibility index (Phi) is 5.11. The van der Waals surface area contributed by atoms with Gasteiger partial charge in [0.05, 0.1) is 18.2 Å². The second-order valence-corrected chi connectivity index (χ2v) is 6.75. The fourth-order valence-electron chi connectivity index (χ4n) is 2.76. The summed E-state index contributed by atoms with van der Waals surface area (Å²) in [5, 5.41) is 13.1. The Bertz CT molecular complexity index is 713. The molecule has 1 unspecified atom stereocenters. The summed E-state index contributed by atoms with van der Waals surface area (Å²) in [5.74, 6) is -0.520. The molecule has 1 fully saturated rings. The molecule has 1 aliphatic rings. The standard InChI is InChI=1S/C17H20FN3O2S/c1-12-11-24-17(19-12)21-7-5-20(6-8-21)16(23)10-15(22)13-3-2-4-14(18)9-13/h2-4,9,11,15,22H,5-8,10H2,1H3. The van der Waals surface area contributed by atoms with Gasteiger partial charge in [-0.1, -0.05) is 12.1 Å². The van der Waals surface area contributed by atoms with E-state index in [-0.39, 0.29) is 12.3 Å². The molecule has 1 aromatic carbocycles. The second-order valence-electron chi connectivity index (χ2n) is 5.91. The van der Waals surface area contributed by atoms with Crippen molar-refractivity contribution < 1.29 is 14.3 Å². The Balaban J connectivity index is 1.53. The fourth-order valence-corrected chi connectivity index (χ4v) is 3.62. The molecule has 3 rings (SSSR count). The van der Waals surface area contributed by atoms with Crippen LogP contribution in [0.25, 0.3) is 0 Å². The average molecular weight is 349 g/mol. The number of benzene rings is 1. The number of nitrogens with zero attached hydrogens (tertiary/aromatic N) is 3. The molecule has 1 saturated heterocycles. The van der Waals surface area contributed by atoms with E-state index in [0.29, 0.717) is 18.7 Å². The third-order valence-corrected chi connectivity index (χ3v) is 5.13. The Morgan fingerprint density at radius 2 is 2.12 bits per heavy atom. The summed E-state index contributed by atoms with van der Waals surface area (Å²) < 4.78 is 13.2. The summed E-state index contributed by atoms with van der Waals surface area (Å²) in [4.78, 5) is 20.7. The van der Waals surface area contributed by atoms with E-state index in [0.717, 1.165) is 23.9 Å². The molecule has 0 bridgehead atoms. The van der Waals surface area contributed by atoms with E-state index in [1.807, 2.05) is 12.3 Å². The van der Waals surface area contributed by atoms with Crippen molar-refractivity contribution in [3.63, 3.8) is 0 Å². The van der Waals surface area contributed by atoms with Crippen LogP contribution in [0.5, 0.6) is 0 Å². The predicted octanol–water partition coefficient (Wildman–Crippen LogP) is 2.36. The van der Waals surface area contributed by atoms with Crippen molar-refractivity contribution in [2.45, 2.75) is 19.4 Å². The van der Waals surface area contributed by atoms with Crippen LogP contribution in [-0.4, -0.2) is 47.1 Å². The van der Waals surface area contributed by atoms with Crippen molar-refractivity contribution in [3.8, 4) is 0 Å². The van der Waals surface area contributed by atoms with Gasteiger partial charge in [-0.25, -0.2) is 9.37 Å². The molecular weight excluding hydrogens is 329 g/mol. The number of aliphatic hydroxyl groups excluding tert-OH is 1. The highest BCUT2D eigenvalue weighted by Gasteiger charge is 2.24. The van der Waals surface area contributed by atoms with E-state index in [4.69, 9.17) is 0 Å². The van der Waals surface area contributed by atoms with Gasteiger partial charge in [0.15, 0.2) is 5.13 Å². The van der Waals surface area contributed by atoms with Gasteiger partial charge in [0, 0.05) is 31.6 Å². The van der Waals surface area contributed by atoms with E-state index in [1.165, 1.54) is 18.2 Å². The summed E-state index contributed by atoms with van der Waals surface area (Å²) in [6, 6.07) is 5.75. The van der Waals surface area contributed by atoms with Crippen molar-refractivity contribution >= 4 is 22.4 Å². The highest BCUT2D eigenvalue weighted by Crippen LogP contribution is 2.23. The van der Waals surface area contributed by atoms with E-state index in [1.54, 1.807) is 22.3 Å². The number of piperazine rings is 1. The first-order chi connectivity index (χ1) is 11.5. The van der Waals surface area contributed by atoms with E-state index < -0.39 is 11.9 Å². The van der Waals surface area contributed by atoms with Gasteiger partial charge in [-0.2, -0.15) is 0 Å². The van der Waals surface area contributed by atoms with Crippen LogP contribution < -0.4 is 4.90 Å². The van der Waals surface area contributed by atoms with Crippen LogP contribution in [-0.2, 0) is 4.79 Å². The number of aliphatic hydroxyl groups is 1. The van der Waals surface area contributed by atoms with Crippen LogP contribution in [0.1, 0.15) is 23.8 Å². The number of hydrogen-bond acceptors (Lipinski definition) is 5. The van der Waals surface area contributed by atoms with Gasteiger partial charge in [-0.15, -0.1) is 11.3 Å². The number of thiazole rings is 1. The second kappa shape index (κ2) is 7.27. The molecule has 1 amide bonds. The zero-order chi connectivity index (χ0) is 17.1. The molecule has 0 aliphatic carbocycles. The van der Waals surface area contributed by atoms with Crippen LogP contribution >= 0.6 is 11.3 Å². The van der Waals surface area contributed by atoms with Gasteiger partial charge in [0.1, 0.15) is 5.82 Å². The highest BCUT2D eigenvalue weighted by molar-refractivity contribution is 7.13. The molecule has 0 radical (unpaired) electrons. The normalized spacial score (nSPS) is 16.3. The minimum Gasteiger partial charge on any atom is -0.388 e. The largest absolute Gasteiger partial charge is 0.388 e. The summed E-state index contributed by atoms with van der Waals surface area (Å²) in [6.45, 7) is 4.64. The van der Waals surface area contributed by atoms with Crippen LogP contribution in [0.15, 0.2) is 29.6 Å². The summed E-state index contributed by atoms with van der Waals surface area (Å²) in [7, 11) is 0. The maximum Gasteiger partial charge on any atom is 0.225 e. The Labute approximate surface area is 144 Å². The lowest BCUT2D eigenvalue weighted by Gasteiger charge is -2.35. The Hall–Kier alpha value is -1.99. The number of anilines is 1. The maximum absolute atomic E-state index is 13.2. The first kappa shape index (κ1) is 16.9. The fraction of sp³-hybridized carbons (Fsp3) is 0.412. The summed E-state index contributed by atoms with van der Waals surface area (Å²) >= 11 is 1.61. The third kappa shape index (κ3) is 3.91. The number of aromatic nitrogens is 1. The minimum atomic E-state index is -0.979. The molecule has 5 nitrogen and oxygen atoms in total. The van der Waals surface area contributed by atoms with Crippen LogP contribution in [0, 0.1) is 12.7 Å². The van der Waals surface area contributed by atoms with Crippen molar-refractivity contribution in [2.75, 3.05) is 31.1 Å². The zero-order valence-electron chi connectivity index (χ0n) is 13.5. The quantitative estimate of drug-likeness (QED) is 0.921. The van der Waals surface area contributed by atoms with Crippen molar-refractivity contribution in [2.24, 2.45) is 0 Å². The van der Waals surface area contributed by atoms with Gasteiger partial charge < -0.3 is 14.9 Å². The van der Waals surface area contributed by atoms with Crippen LogP contribution in [0.2, 0.25) is 0 Å². The molecule has 1 aliphatic heterocycles. The molecule has 128 valence electrons. The number of rotatable bonds is 4. The number of halogens is 1. The van der Waals surface area contributed by atoms with Crippen molar-refractivity contribution in [1.82, 2.24) is 9.88 Å². The molecule has 7 heteroatoms. The maximum atomic E-state index is 13.2. The molecule has 0 saturated carbocycles. The van der Waals surface area contributed by atoms with Crippen LogP contribution in [0.3, 0.4) is 0 Å². The predicted molar refractivity (Wildman–Crippen MR) is 91.6 cm³/mol. The lowest BCUT2D eigenvalue weighted by molar-refractivity contribution is -0.133. The van der Waals surface area contributed by atoms with E-state index in [2.05, 4.69) is 9.88 Å². The van der Waals surface area contributed by atoms with E-state index in [9.17, 15) is 14.3 Å². The molecule has 24 heavy (non-hydrogen) atoms. The molecule has 1 aromatic heterocycles. The molecule has 2 aromatic rings. The number of carbonyl (C=O) groups excluding carboxylic acids is 1. The lowest BCUT2D eigenvalue weighted by Crippen LogP contribution is -2.49. The van der Waals surface area contributed by atoms with Gasteiger partial charge in [0.25, 0.3) is 0 Å². The number of carbonyl (C=O) groups is 1. The SMILES string of the molecule is Cc1csc(N2CCN(C(=O)CC(O)c3cccc(F)c3)CC2)n1. The molecule has 1 atom stereocenters. The first-order valence-electron chi connectivity index (χ1n) is 7.91. The van der Waals surface area contributed by atoms with Gasteiger partial charge >= 0.3 is 0 Å². The summed E-state index contributed by atoms with van der Waals surface area (Å²) in [5.41, 5.74) is 1.44. The number of hydrogen-bond donors (Lipinski definition) is 1. The first-order valence-corrected chi connectivity index (χ1v) is 8.79. The highest BCUT2D eigenvalue weighted by atomic mass is 32.1. The summed E-state index contributed by atoms with van der Waals surface area (Å²) in [6.07, 6.45) is -1.01. The van der Waals surface area contributed by atoms with Gasteiger partial charge in [-0.05, 0) is 24.6 Å². The molecule has 2 heterocycles. The Morgan fingerprint density at radius 1 is 1.38 bits per heavy atom. The monoisotopic (exact) mass is 349 g/mol. The van der Waals surface area contributed by atoms with E-state index >= 15 is 0 Å². The van der Waals surface area contributed by atoms with Crippen molar-refractivity contribution in [3.05, 3.63) is 46.7 Å².